The molecule has 1 heterocycles. The number of hydrogen-bond acceptors (Lipinski definition) is 3. The van der Waals surface area contributed by atoms with E-state index in [1.807, 2.05) is 26.8 Å². The Morgan fingerprint density at radius 1 is 1.40 bits per heavy atom. The van der Waals surface area contributed by atoms with Gasteiger partial charge in [-0.1, -0.05) is 20.8 Å². The molecule has 2 N–H and O–H groups in total. The quantitative estimate of drug-likeness (QED) is 0.597. The van der Waals surface area contributed by atoms with Crippen molar-refractivity contribution in [2.75, 3.05) is 7.11 Å². The normalized spacial score (nSPS) is 12.7. The summed E-state index contributed by atoms with van der Waals surface area (Å²) in [6.07, 6.45) is 1.64. The first-order valence-electron chi connectivity index (χ1n) is 4.78. The molecule has 0 saturated carbocycles. The number of ether oxygens (including phenoxy) is 1. The molecule has 4 heteroatoms. The zero-order valence-electron chi connectivity index (χ0n) is 9.61. The molecule has 15 heavy (non-hydrogen) atoms. The van der Waals surface area contributed by atoms with E-state index in [0.717, 1.165) is 5.69 Å². The van der Waals surface area contributed by atoms with Crippen molar-refractivity contribution in [2.24, 2.45) is 16.1 Å². The minimum Gasteiger partial charge on any atom is -0.481 e. The van der Waals surface area contributed by atoms with Gasteiger partial charge in [-0.25, -0.2) is 9.98 Å². The molecule has 0 amide bonds. The molecule has 0 bridgehead atoms. The average molecular weight is 207 g/mol. The summed E-state index contributed by atoms with van der Waals surface area (Å²) in [4.78, 5) is 8.33. The largest absolute Gasteiger partial charge is 0.481 e. The number of hydrogen-bond donors (Lipinski definition) is 1. The fourth-order valence-electron chi connectivity index (χ4n) is 0.866. The third-order valence-corrected chi connectivity index (χ3v) is 1.95. The Morgan fingerprint density at radius 2 is 2.07 bits per heavy atom. The highest BCUT2D eigenvalue weighted by atomic mass is 16.5. The predicted molar refractivity (Wildman–Crippen MR) is 61.5 cm³/mol. The lowest BCUT2D eigenvalue weighted by molar-refractivity contribution is 0.398. The monoisotopic (exact) mass is 207 g/mol. The second-order valence-electron chi connectivity index (χ2n) is 4.31. The number of nitrogens with zero attached hydrogens (tertiary/aromatic N) is 2. The van der Waals surface area contributed by atoms with Crippen LogP contribution in [0.15, 0.2) is 23.3 Å². The van der Waals surface area contributed by atoms with Gasteiger partial charge in [-0.3, -0.25) is 0 Å². The second kappa shape index (κ2) is 4.29. The van der Waals surface area contributed by atoms with Gasteiger partial charge in [0.2, 0.25) is 5.88 Å². The highest BCUT2D eigenvalue weighted by Crippen LogP contribution is 2.19. The van der Waals surface area contributed by atoms with E-state index in [1.165, 1.54) is 0 Å². The first kappa shape index (κ1) is 11.5. The van der Waals surface area contributed by atoms with Gasteiger partial charge in [-0.05, 0) is 6.07 Å². The Hall–Kier alpha value is -1.58. The molecule has 0 spiro atoms. The smallest absolute Gasteiger partial charge is 0.213 e. The van der Waals surface area contributed by atoms with Crippen LogP contribution >= 0.6 is 0 Å². The molecule has 1 aromatic rings. The molecule has 0 aliphatic heterocycles. The zero-order chi connectivity index (χ0) is 11.5. The first-order valence-corrected chi connectivity index (χ1v) is 4.78. The summed E-state index contributed by atoms with van der Waals surface area (Å²) < 4.78 is 4.95. The minimum absolute atomic E-state index is 0.125. The molecule has 0 aliphatic rings. The molecule has 0 aliphatic carbocycles. The van der Waals surface area contributed by atoms with Gasteiger partial charge < -0.3 is 10.5 Å². The van der Waals surface area contributed by atoms with Crippen LogP contribution in [0.5, 0.6) is 5.88 Å². The van der Waals surface area contributed by atoms with Crippen molar-refractivity contribution in [2.45, 2.75) is 20.8 Å². The summed E-state index contributed by atoms with van der Waals surface area (Å²) in [6.45, 7) is 6.05. The first-order chi connectivity index (χ1) is 6.93. The van der Waals surface area contributed by atoms with E-state index in [9.17, 15) is 0 Å². The third kappa shape index (κ3) is 3.23. The van der Waals surface area contributed by atoms with Crippen LogP contribution in [0.3, 0.4) is 0 Å². The van der Waals surface area contributed by atoms with Gasteiger partial charge in [0.05, 0.1) is 19.0 Å². The Labute approximate surface area is 90.2 Å². The van der Waals surface area contributed by atoms with E-state index < -0.39 is 0 Å². The Balaban J connectivity index is 2.89. The molecule has 0 unspecified atom stereocenters. The van der Waals surface area contributed by atoms with E-state index >= 15 is 0 Å². The van der Waals surface area contributed by atoms with Crippen molar-refractivity contribution in [1.29, 1.82) is 0 Å². The average Bonchev–Trinajstić information content (AvgIpc) is 2.17. The molecule has 0 aromatic carbocycles. The van der Waals surface area contributed by atoms with Crippen LogP contribution in [0, 0.1) is 5.41 Å². The molecule has 1 rings (SSSR count). The van der Waals surface area contributed by atoms with Crippen LogP contribution in [0.25, 0.3) is 0 Å². The lowest BCUT2D eigenvalue weighted by atomic mass is 9.95. The topological polar surface area (TPSA) is 60.5 Å². The number of aliphatic imine (C=N–C) groups is 1. The minimum atomic E-state index is -0.125. The SMILES string of the molecule is COc1ccc(N=C(N)C(C)(C)C)cn1. The van der Waals surface area contributed by atoms with E-state index in [-0.39, 0.29) is 5.41 Å². The molecule has 1 aromatic heterocycles. The fraction of sp³-hybridized carbons (Fsp3) is 0.455. The van der Waals surface area contributed by atoms with Crippen molar-refractivity contribution in [3.05, 3.63) is 18.3 Å². The fourth-order valence-corrected chi connectivity index (χ4v) is 0.866. The molecular weight excluding hydrogens is 190 g/mol. The van der Waals surface area contributed by atoms with Crippen molar-refractivity contribution < 1.29 is 4.74 Å². The van der Waals surface area contributed by atoms with Crippen molar-refractivity contribution >= 4 is 11.5 Å². The van der Waals surface area contributed by atoms with Crippen LogP contribution in [-0.2, 0) is 0 Å². The van der Waals surface area contributed by atoms with Gasteiger partial charge in [-0.15, -0.1) is 0 Å². The third-order valence-electron chi connectivity index (χ3n) is 1.95. The van der Waals surface area contributed by atoms with E-state index in [1.54, 1.807) is 19.4 Å². The summed E-state index contributed by atoms with van der Waals surface area (Å²) >= 11 is 0. The summed E-state index contributed by atoms with van der Waals surface area (Å²) in [7, 11) is 1.58. The van der Waals surface area contributed by atoms with Crippen molar-refractivity contribution in [3.8, 4) is 5.88 Å². The summed E-state index contributed by atoms with van der Waals surface area (Å²) in [5, 5.41) is 0. The number of rotatable bonds is 2. The Morgan fingerprint density at radius 3 is 2.47 bits per heavy atom. The number of methoxy groups -OCH3 is 1. The van der Waals surface area contributed by atoms with Gasteiger partial charge in [0, 0.05) is 11.5 Å². The molecule has 0 radical (unpaired) electrons. The molecular formula is C11H17N3O. The second-order valence-corrected chi connectivity index (χ2v) is 4.31. The molecule has 82 valence electrons. The number of nitrogens with two attached hydrogens (primary N) is 1. The highest BCUT2D eigenvalue weighted by molar-refractivity contribution is 5.87. The van der Waals surface area contributed by atoms with Crippen molar-refractivity contribution in [1.82, 2.24) is 4.98 Å². The predicted octanol–water partition coefficient (Wildman–Crippen LogP) is 2.12. The van der Waals surface area contributed by atoms with Crippen LogP contribution in [-0.4, -0.2) is 17.9 Å². The summed E-state index contributed by atoms with van der Waals surface area (Å²) in [5.74, 6) is 1.16. The van der Waals surface area contributed by atoms with Gasteiger partial charge in [0.25, 0.3) is 0 Å². The Kier molecular flexibility index (Phi) is 3.29. The molecule has 0 atom stereocenters. The van der Waals surface area contributed by atoms with Crippen LogP contribution in [0.2, 0.25) is 0 Å². The maximum absolute atomic E-state index is 5.84. The maximum Gasteiger partial charge on any atom is 0.213 e. The number of pyridine rings is 1. The van der Waals surface area contributed by atoms with Gasteiger partial charge in [0.1, 0.15) is 5.84 Å². The van der Waals surface area contributed by atoms with Crippen LogP contribution in [0.4, 0.5) is 5.69 Å². The van der Waals surface area contributed by atoms with Crippen LogP contribution in [0.1, 0.15) is 20.8 Å². The van der Waals surface area contributed by atoms with Crippen LogP contribution < -0.4 is 10.5 Å². The van der Waals surface area contributed by atoms with E-state index in [2.05, 4.69) is 9.98 Å². The summed E-state index contributed by atoms with van der Waals surface area (Å²) in [6, 6.07) is 3.58. The highest BCUT2D eigenvalue weighted by Gasteiger charge is 2.15. The van der Waals surface area contributed by atoms with E-state index in [4.69, 9.17) is 10.5 Å². The lowest BCUT2D eigenvalue weighted by Gasteiger charge is -2.17. The maximum atomic E-state index is 5.84. The standard InChI is InChI=1S/C11H17N3O/c1-11(2,3)10(12)14-8-5-6-9(15-4)13-7-8/h5-7H,1-4H3,(H2,12,14). The number of aromatic nitrogens is 1. The van der Waals surface area contributed by atoms with E-state index in [0.29, 0.717) is 11.7 Å². The molecule has 0 fully saturated rings. The van der Waals surface area contributed by atoms with Gasteiger partial charge in [-0.2, -0.15) is 0 Å². The lowest BCUT2D eigenvalue weighted by Crippen LogP contribution is -2.28. The molecule has 4 nitrogen and oxygen atoms in total. The Bertz CT molecular complexity index is 349. The van der Waals surface area contributed by atoms with Gasteiger partial charge >= 0.3 is 0 Å². The van der Waals surface area contributed by atoms with Crippen molar-refractivity contribution in [3.63, 3.8) is 0 Å². The molecule has 0 saturated heterocycles. The van der Waals surface area contributed by atoms with Gasteiger partial charge in [0.15, 0.2) is 0 Å². The summed E-state index contributed by atoms with van der Waals surface area (Å²) in [5.41, 5.74) is 6.46. The zero-order valence-corrected chi connectivity index (χ0v) is 9.61. The number of amidine groups is 1.